The summed E-state index contributed by atoms with van der Waals surface area (Å²) in [5.74, 6) is -0.859. The number of benzene rings is 2. The predicted octanol–water partition coefficient (Wildman–Crippen LogP) is 6.00. The number of amides is 2. The van der Waals surface area contributed by atoms with Gasteiger partial charge in [-0.1, -0.05) is 73.5 Å². The van der Waals surface area contributed by atoms with Gasteiger partial charge in [0.05, 0.1) is 19.8 Å². The van der Waals surface area contributed by atoms with Crippen molar-refractivity contribution < 1.29 is 62.5 Å². The molecular weight excluding hydrogens is 977 g/mol. The summed E-state index contributed by atoms with van der Waals surface area (Å²) < 4.78 is 40.2. The highest BCUT2D eigenvalue weighted by atomic mass is 16.8. The Hall–Kier alpha value is -6.92. The third-order valence-corrected chi connectivity index (χ3v) is 10.7. The number of carboxylic acids is 1. The summed E-state index contributed by atoms with van der Waals surface area (Å²) in [6, 6.07) is 22.5. The Morgan fingerprint density at radius 1 is 0.640 bits per heavy atom. The number of nitrogen functional groups attached to an aromatic ring is 2. The zero-order valence-electron chi connectivity index (χ0n) is 43.7. The molecule has 23 heteroatoms. The molecule has 0 saturated carbocycles. The maximum absolute atomic E-state index is 12.7. The van der Waals surface area contributed by atoms with Crippen LogP contribution in [0.5, 0.6) is 0 Å². The summed E-state index contributed by atoms with van der Waals surface area (Å²) in [5, 5.41) is 17.4. The largest absolute Gasteiger partial charge is 0.481 e. The Morgan fingerprint density at radius 3 is 1.47 bits per heavy atom. The van der Waals surface area contributed by atoms with Crippen molar-refractivity contribution in [3.8, 4) is 0 Å². The predicted molar refractivity (Wildman–Crippen MR) is 274 cm³/mol. The van der Waals surface area contributed by atoms with Crippen molar-refractivity contribution in [2.75, 3.05) is 51.0 Å². The molecule has 2 aromatic carbocycles. The van der Waals surface area contributed by atoms with Crippen LogP contribution in [0.1, 0.15) is 116 Å². The molecule has 2 aromatic heterocycles. The summed E-state index contributed by atoms with van der Waals surface area (Å²) >= 11 is 0. The van der Waals surface area contributed by atoms with Crippen LogP contribution in [0.4, 0.5) is 21.2 Å². The normalized spacial score (nSPS) is 17.1. The summed E-state index contributed by atoms with van der Waals surface area (Å²) in [6.07, 6.45) is 4.28. The molecule has 2 fully saturated rings. The number of carboxylic acid groups (broad SMARTS) is 1. The average molecular weight is 1050 g/mol. The maximum atomic E-state index is 12.7. The molecule has 0 spiro atoms. The molecule has 0 aliphatic carbocycles. The third-order valence-electron chi connectivity index (χ3n) is 10.7. The van der Waals surface area contributed by atoms with Crippen LogP contribution in [-0.2, 0) is 55.8 Å². The number of hydrogen-bond donors (Lipinski definition) is 4. The Morgan fingerprint density at radius 2 is 1.07 bits per heavy atom. The van der Waals surface area contributed by atoms with Crippen LogP contribution in [-0.4, -0.2) is 127 Å². The number of aliphatic carboxylic acids is 1. The van der Waals surface area contributed by atoms with Crippen molar-refractivity contribution in [1.82, 2.24) is 28.9 Å². The van der Waals surface area contributed by atoms with E-state index >= 15 is 0 Å². The first kappa shape index (κ1) is 60.6. The van der Waals surface area contributed by atoms with Gasteiger partial charge >= 0.3 is 35.5 Å². The van der Waals surface area contributed by atoms with Gasteiger partial charge in [0, 0.05) is 51.4 Å². The number of esters is 1. The quantitative estimate of drug-likeness (QED) is 0.0423. The standard InChI is InChI=1S/C26H36N4O7.C18H27NO4.C8H11N3O4/c1-26(2,3)37-25(33)29(16-19-10-6-4-7-11-19)14-9-5-8-12-22(31)34-18-23-35-17-21(36-23)30-15-13-20(27)28-24(30)32;1-18(2,3)23-17(22)19(13-9-5-8-12-16(20)21)14-15-10-6-4-7-11-15;9-5-1-2-11(8(13)10-5)6-4-14-7(3-12)15-6/h4,6-7,10-11,13,15,21,23H,5,8-9,12,14,16-18H2,1-3H3,(H2,27,28,32);4,6-7,10-11H,5,8-9,12-14H2,1-3H3,(H,20,21);1-2,6-7,12H,3-4H2,(H2,9,10,13)/t21-,23-;;6-,7-/m0.0/s1. The van der Waals surface area contributed by atoms with Crippen molar-refractivity contribution >= 4 is 35.8 Å². The van der Waals surface area contributed by atoms with Crippen LogP contribution in [0.25, 0.3) is 0 Å². The molecule has 2 aliphatic heterocycles. The molecule has 0 radical (unpaired) electrons. The van der Waals surface area contributed by atoms with Crippen molar-refractivity contribution in [2.24, 2.45) is 0 Å². The van der Waals surface area contributed by atoms with Gasteiger partial charge in [0.2, 0.25) is 0 Å². The monoisotopic (exact) mass is 1050 g/mol. The summed E-state index contributed by atoms with van der Waals surface area (Å²) in [4.78, 5) is 81.6. The van der Waals surface area contributed by atoms with Gasteiger partial charge in [0.25, 0.3) is 0 Å². The van der Waals surface area contributed by atoms with Gasteiger partial charge in [-0.05, 0) is 90.5 Å². The second-order valence-corrected chi connectivity index (χ2v) is 19.4. The number of unbranched alkanes of at least 4 members (excludes halogenated alkanes) is 4. The molecule has 2 aliphatic rings. The van der Waals surface area contributed by atoms with E-state index < -0.39 is 53.6 Å². The second kappa shape index (κ2) is 30.4. The molecule has 6 rings (SSSR count). The van der Waals surface area contributed by atoms with Crippen LogP contribution in [0.3, 0.4) is 0 Å². The van der Waals surface area contributed by atoms with E-state index in [2.05, 4.69) is 9.97 Å². The van der Waals surface area contributed by atoms with Crippen LogP contribution < -0.4 is 22.8 Å². The molecule has 2 amide bonds. The molecule has 23 nitrogen and oxygen atoms in total. The smallest absolute Gasteiger partial charge is 0.410 e. The summed E-state index contributed by atoms with van der Waals surface area (Å²) in [6.45, 7) is 13.1. The van der Waals surface area contributed by atoms with Crippen molar-refractivity contribution in [3.63, 3.8) is 0 Å². The van der Waals surface area contributed by atoms with Gasteiger partial charge in [-0.3, -0.25) is 18.7 Å². The molecule has 0 unspecified atom stereocenters. The lowest BCUT2D eigenvalue weighted by molar-refractivity contribution is -0.159. The highest BCUT2D eigenvalue weighted by Crippen LogP contribution is 2.22. The fourth-order valence-corrected chi connectivity index (χ4v) is 7.12. The minimum atomic E-state index is -0.779. The topological polar surface area (TPSA) is 302 Å². The van der Waals surface area contributed by atoms with Crippen molar-refractivity contribution in [3.05, 3.63) is 117 Å². The van der Waals surface area contributed by atoms with E-state index in [1.807, 2.05) is 102 Å². The maximum Gasteiger partial charge on any atom is 0.410 e. The van der Waals surface area contributed by atoms with Crippen LogP contribution in [0.2, 0.25) is 0 Å². The molecule has 6 N–H and O–H groups in total. The number of anilines is 2. The first-order valence-electron chi connectivity index (χ1n) is 24.8. The van der Waals surface area contributed by atoms with E-state index in [1.54, 1.807) is 9.80 Å². The highest BCUT2D eigenvalue weighted by Gasteiger charge is 2.30. The summed E-state index contributed by atoms with van der Waals surface area (Å²) in [5.41, 5.74) is 10.8. The lowest BCUT2D eigenvalue weighted by Crippen LogP contribution is -2.37. The molecule has 0 bridgehead atoms. The summed E-state index contributed by atoms with van der Waals surface area (Å²) in [7, 11) is 0. The fourth-order valence-electron chi connectivity index (χ4n) is 7.12. The van der Waals surface area contributed by atoms with Crippen LogP contribution >= 0.6 is 0 Å². The molecule has 412 valence electrons. The molecule has 4 atom stereocenters. The minimum Gasteiger partial charge on any atom is -0.481 e. The van der Waals surface area contributed by atoms with Crippen molar-refractivity contribution in [1.29, 1.82) is 0 Å². The second-order valence-electron chi connectivity index (χ2n) is 19.4. The van der Waals surface area contributed by atoms with Gasteiger partial charge in [0.15, 0.2) is 25.0 Å². The third kappa shape index (κ3) is 23.4. The fraction of sp³-hybridized carbons (Fsp3) is 0.538. The number of hydrogen-bond acceptors (Lipinski definition) is 18. The molecule has 4 heterocycles. The molecule has 4 aromatic rings. The SMILES string of the molecule is CC(C)(C)OC(=O)N(CCCCCC(=O)O)Cc1ccccc1.CC(C)(C)OC(=O)N(CCCCCC(=O)OC[C@H]1OC[C@@H](n2ccc(N)nc2=O)O1)Cc1ccccc1.Nc1ccn([C@@H]2CO[C@H](CO)O2)c(=O)n1. The highest BCUT2D eigenvalue weighted by molar-refractivity contribution is 5.69. The number of nitrogens with two attached hydrogens (primary N) is 2. The van der Waals surface area contributed by atoms with E-state index in [0.717, 1.165) is 36.8 Å². The van der Waals surface area contributed by atoms with E-state index in [9.17, 15) is 28.8 Å². The van der Waals surface area contributed by atoms with E-state index in [1.165, 1.54) is 33.7 Å². The van der Waals surface area contributed by atoms with E-state index in [-0.39, 0.29) is 69.1 Å². The number of nitrogens with zero attached hydrogens (tertiary/aromatic N) is 6. The van der Waals surface area contributed by atoms with Gasteiger partial charge in [-0.2, -0.15) is 9.97 Å². The molecule has 2 saturated heterocycles. The minimum absolute atomic E-state index is 0.0734. The number of carbonyl (C=O) groups is 4. The van der Waals surface area contributed by atoms with Gasteiger partial charge in [-0.25, -0.2) is 19.2 Å². The number of carbonyl (C=O) groups excluding carboxylic acids is 3. The number of aromatic nitrogens is 4. The van der Waals surface area contributed by atoms with Gasteiger partial charge in [0.1, 0.15) is 29.4 Å². The zero-order chi connectivity index (χ0) is 55.0. The lowest BCUT2D eigenvalue weighted by Gasteiger charge is -2.27. The van der Waals surface area contributed by atoms with Crippen LogP contribution in [0, 0.1) is 0 Å². The first-order chi connectivity index (χ1) is 35.6. The number of aliphatic hydroxyl groups excluding tert-OH is 1. The van der Waals surface area contributed by atoms with Gasteiger partial charge in [-0.15, -0.1) is 0 Å². The van der Waals surface area contributed by atoms with E-state index in [0.29, 0.717) is 39.0 Å². The molecular formula is C52H74N8O15. The Labute approximate surface area is 436 Å². The van der Waals surface area contributed by atoms with Gasteiger partial charge < -0.3 is 64.6 Å². The zero-order valence-corrected chi connectivity index (χ0v) is 43.7. The Balaban J connectivity index is 0.000000271. The first-order valence-corrected chi connectivity index (χ1v) is 24.8. The van der Waals surface area contributed by atoms with Crippen molar-refractivity contribution in [2.45, 2.75) is 142 Å². The van der Waals surface area contributed by atoms with Crippen LogP contribution in [0.15, 0.2) is 94.8 Å². The number of ether oxygens (including phenoxy) is 7. The molecule has 75 heavy (non-hydrogen) atoms. The lowest BCUT2D eigenvalue weighted by atomic mass is 10.1. The number of aliphatic hydroxyl groups is 1. The average Bonchev–Trinajstić information content (AvgIpc) is 4.03. The Bertz CT molecular complexity index is 2500. The number of rotatable bonds is 21. The Kier molecular flexibility index (Phi) is 24.6. The van der Waals surface area contributed by atoms with E-state index in [4.69, 9.17) is 54.8 Å².